The fourth-order valence-electron chi connectivity index (χ4n) is 3.73. The van der Waals surface area contributed by atoms with E-state index in [1.54, 1.807) is 11.1 Å². The predicted molar refractivity (Wildman–Crippen MR) is 80.5 cm³/mol. The highest BCUT2D eigenvalue weighted by Gasteiger charge is 2.33. The van der Waals surface area contributed by atoms with Gasteiger partial charge in [-0.05, 0) is 23.5 Å². The summed E-state index contributed by atoms with van der Waals surface area (Å²) in [7, 11) is 0. The summed E-state index contributed by atoms with van der Waals surface area (Å²) in [4.78, 5) is 2.70. The van der Waals surface area contributed by atoms with Crippen LogP contribution in [0.4, 0.5) is 0 Å². The van der Waals surface area contributed by atoms with Gasteiger partial charge >= 0.3 is 0 Å². The topological polar surface area (TPSA) is 15.3 Å². The summed E-state index contributed by atoms with van der Waals surface area (Å²) in [6, 6.07) is 9.77. The minimum Gasteiger partial charge on any atom is -0.314 e. The Kier molecular flexibility index (Phi) is 4.19. The first kappa shape index (κ1) is 13.1. The molecule has 0 saturated carbocycles. The highest BCUT2D eigenvalue weighted by atomic mass is 15.2. The lowest BCUT2D eigenvalue weighted by molar-refractivity contribution is 0.133. The van der Waals surface area contributed by atoms with Crippen LogP contribution in [0.1, 0.15) is 55.7 Å². The normalized spacial score (nSPS) is 26.8. The molecule has 2 aliphatic heterocycles. The van der Waals surface area contributed by atoms with Crippen LogP contribution in [0.5, 0.6) is 0 Å². The number of nitrogens with zero attached hydrogens (tertiary/aromatic N) is 1. The van der Waals surface area contributed by atoms with Gasteiger partial charge < -0.3 is 5.32 Å². The fourth-order valence-corrected chi connectivity index (χ4v) is 3.73. The highest BCUT2D eigenvalue weighted by molar-refractivity contribution is 5.36. The Morgan fingerprint density at radius 3 is 2.89 bits per heavy atom. The molecule has 19 heavy (non-hydrogen) atoms. The summed E-state index contributed by atoms with van der Waals surface area (Å²) in [6.45, 7) is 7.05. The summed E-state index contributed by atoms with van der Waals surface area (Å²) in [6.07, 6.45) is 5.45. The number of unbranched alkanes of at least 4 members (excludes halogenated alkanes) is 2. The van der Waals surface area contributed by atoms with Gasteiger partial charge in [0, 0.05) is 32.2 Å². The zero-order valence-corrected chi connectivity index (χ0v) is 12.1. The van der Waals surface area contributed by atoms with Crippen molar-refractivity contribution >= 4 is 0 Å². The Morgan fingerprint density at radius 2 is 2.05 bits per heavy atom. The van der Waals surface area contributed by atoms with Crippen LogP contribution >= 0.6 is 0 Å². The quantitative estimate of drug-likeness (QED) is 0.834. The Hall–Kier alpha value is -0.860. The zero-order chi connectivity index (χ0) is 13.1. The molecule has 0 bridgehead atoms. The van der Waals surface area contributed by atoms with Crippen molar-refractivity contribution in [3.63, 3.8) is 0 Å². The fraction of sp³-hybridized carbons (Fsp3) is 0.647. The molecule has 1 aromatic rings. The van der Waals surface area contributed by atoms with Gasteiger partial charge in [-0.1, -0.05) is 50.5 Å². The third-order valence-electron chi connectivity index (χ3n) is 4.76. The molecule has 2 aliphatic rings. The minimum absolute atomic E-state index is 0.618. The van der Waals surface area contributed by atoms with Crippen LogP contribution < -0.4 is 5.32 Å². The number of benzene rings is 1. The van der Waals surface area contributed by atoms with E-state index in [0.29, 0.717) is 6.04 Å². The molecule has 0 aliphatic carbocycles. The number of hydrogen-bond donors (Lipinski definition) is 1. The van der Waals surface area contributed by atoms with E-state index in [0.717, 1.165) is 19.0 Å². The van der Waals surface area contributed by atoms with Crippen LogP contribution in [0.25, 0.3) is 0 Å². The zero-order valence-electron chi connectivity index (χ0n) is 12.1. The van der Waals surface area contributed by atoms with Crippen molar-refractivity contribution in [2.24, 2.45) is 0 Å². The van der Waals surface area contributed by atoms with Gasteiger partial charge in [0.1, 0.15) is 0 Å². The first-order chi connectivity index (χ1) is 9.40. The van der Waals surface area contributed by atoms with E-state index < -0.39 is 0 Å². The molecule has 104 valence electrons. The van der Waals surface area contributed by atoms with Crippen molar-refractivity contribution < 1.29 is 0 Å². The molecule has 1 aromatic carbocycles. The van der Waals surface area contributed by atoms with Crippen LogP contribution in [-0.2, 0) is 0 Å². The Bertz CT molecular complexity index is 415. The second kappa shape index (κ2) is 6.06. The largest absolute Gasteiger partial charge is 0.314 e. The summed E-state index contributed by atoms with van der Waals surface area (Å²) in [5.74, 6) is 0.761. The molecule has 2 atom stereocenters. The number of nitrogens with one attached hydrogen (secondary N) is 1. The van der Waals surface area contributed by atoms with Gasteiger partial charge in [0.15, 0.2) is 0 Å². The van der Waals surface area contributed by atoms with Crippen molar-refractivity contribution in [1.82, 2.24) is 10.2 Å². The van der Waals surface area contributed by atoms with E-state index in [1.807, 2.05) is 0 Å². The van der Waals surface area contributed by atoms with Crippen molar-refractivity contribution in [2.45, 2.75) is 44.6 Å². The van der Waals surface area contributed by atoms with Crippen molar-refractivity contribution in [1.29, 1.82) is 0 Å². The maximum Gasteiger partial charge on any atom is 0.0476 e. The third kappa shape index (κ3) is 2.70. The lowest BCUT2D eigenvalue weighted by Crippen LogP contribution is -2.49. The number of hydrogen-bond acceptors (Lipinski definition) is 2. The molecule has 1 N–H and O–H groups in total. The van der Waals surface area contributed by atoms with Crippen LogP contribution in [0.15, 0.2) is 24.3 Å². The van der Waals surface area contributed by atoms with Crippen LogP contribution in [-0.4, -0.2) is 31.1 Å². The van der Waals surface area contributed by atoms with E-state index in [-0.39, 0.29) is 0 Å². The van der Waals surface area contributed by atoms with Crippen LogP contribution in [0.2, 0.25) is 0 Å². The maximum absolute atomic E-state index is 3.55. The van der Waals surface area contributed by atoms with Gasteiger partial charge in [-0.25, -0.2) is 0 Å². The first-order valence-corrected chi connectivity index (χ1v) is 7.93. The Balaban J connectivity index is 1.81. The lowest BCUT2D eigenvalue weighted by atomic mass is 9.82. The molecule has 0 radical (unpaired) electrons. The lowest BCUT2D eigenvalue weighted by Gasteiger charge is -2.44. The molecule has 1 fully saturated rings. The van der Waals surface area contributed by atoms with Gasteiger partial charge in [0.05, 0.1) is 0 Å². The summed E-state index contributed by atoms with van der Waals surface area (Å²) >= 11 is 0. The monoisotopic (exact) mass is 258 g/mol. The molecule has 2 heteroatoms. The maximum atomic E-state index is 3.55. The Labute approximate surface area is 117 Å². The van der Waals surface area contributed by atoms with Crippen molar-refractivity contribution in [3.05, 3.63) is 35.4 Å². The van der Waals surface area contributed by atoms with Gasteiger partial charge in [-0.3, -0.25) is 4.90 Å². The van der Waals surface area contributed by atoms with Crippen molar-refractivity contribution in [3.8, 4) is 0 Å². The molecular formula is C17H26N2. The summed E-state index contributed by atoms with van der Waals surface area (Å²) < 4.78 is 0. The summed E-state index contributed by atoms with van der Waals surface area (Å²) in [5, 5.41) is 3.55. The molecule has 2 unspecified atom stereocenters. The van der Waals surface area contributed by atoms with E-state index in [4.69, 9.17) is 0 Å². The molecule has 1 saturated heterocycles. The van der Waals surface area contributed by atoms with Crippen LogP contribution in [0, 0.1) is 0 Å². The molecule has 2 heterocycles. The average molecular weight is 258 g/mol. The molecule has 0 spiro atoms. The first-order valence-electron chi connectivity index (χ1n) is 7.93. The van der Waals surface area contributed by atoms with E-state index in [1.165, 1.54) is 38.8 Å². The highest BCUT2D eigenvalue weighted by Crippen LogP contribution is 2.38. The molecular weight excluding hydrogens is 232 g/mol. The van der Waals surface area contributed by atoms with Gasteiger partial charge in [0.25, 0.3) is 0 Å². The van der Waals surface area contributed by atoms with Gasteiger partial charge in [-0.2, -0.15) is 0 Å². The van der Waals surface area contributed by atoms with Gasteiger partial charge in [-0.15, -0.1) is 0 Å². The molecule has 0 aromatic heterocycles. The molecule has 3 rings (SSSR count). The SMILES string of the molecule is CCCCCC1CN2CCNCC2c2ccccc21. The third-order valence-corrected chi connectivity index (χ3v) is 4.76. The number of fused-ring (bicyclic) bond motifs is 3. The number of piperazine rings is 1. The standard InChI is InChI=1S/C17H26N2/c1-2-3-4-7-14-13-19-11-10-18-12-17(19)16-9-6-5-8-15(14)16/h5-6,8-9,14,17-18H,2-4,7,10-13H2,1H3. The minimum atomic E-state index is 0.618. The Morgan fingerprint density at radius 1 is 1.21 bits per heavy atom. The van der Waals surface area contributed by atoms with Crippen LogP contribution in [0.3, 0.4) is 0 Å². The second-order valence-electron chi connectivity index (χ2n) is 6.04. The summed E-state index contributed by atoms with van der Waals surface area (Å²) in [5.41, 5.74) is 3.21. The second-order valence-corrected chi connectivity index (χ2v) is 6.04. The van der Waals surface area contributed by atoms with E-state index >= 15 is 0 Å². The van der Waals surface area contributed by atoms with Crippen molar-refractivity contribution in [2.75, 3.05) is 26.2 Å². The van der Waals surface area contributed by atoms with E-state index in [9.17, 15) is 0 Å². The molecule has 0 amide bonds. The van der Waals surface area contributed by atoms with E-state index in [2.05, 4.69) is 41.4 Å². The number of rotatable bonds is 4. The van der Waals surface area contributed by atoms with Gasteiger partial charge in [0.2, 0.25) is 0 Å². The smallest absolute Gasteiger partial charge is 0.0476 e. The predicted octanol–water partition coefficient (Wildman–Crippen LogP) is 3.31. The molecule has 2 nitrogen and oxygen atoms in total. The average Bonchev–Trinajstić information content (AvgIpc) is 2.47.